The third-order valence-corrected chi connectivity index (χ3v) is 7.08. The van der Waals surface area contributed by atoms with Gasteiger partial charge in [-0.3, -0.25) is 0 Å². The highest BCUT2D eigenvalue weighted by molar-refractivity contribution is 7.99. The molecule has 2 unspecified atom stereocenters. The molecule has 1 N–H and O–H groups in total. The zero-order chi connectivity index (χ0) is 14.2. The van der Waals surface area contributed by atoms with Crippen LogP contribution in [0.4, 0.5) is 4.39 Å². The third-order valence-electron chi connectivity index (χ3n) is 4.03. The van der Waals surface area contributed by atoms with Gasteiger partial charge in [-0.05, 0) is 60.6 Å². The van der Waals surface area contributed by atoms with E-state index < -0.39 is 9.84 Å². The van der Waals surface area contributed by atoms with Crippen molar-refractivity contribution in [2.24, 2.45) is 5.92 Å². The monoisotopic (exact) mass is 315 g/mol. The summed E-state index contributed by atoms with van der Waals surface area (Å²) in [5.41, 5.74) is 0.599. The Labute approximate surface area is 123 Å². The molecule has 0 aromatic heterocycles. The molecule has 1 saturated heterocycles. The van der Waals surface area contributed by atoms with Gasteiger partial charge in [0.1, 0.15) is 5.82 Å². The lowest BCUT2D eigenvalue weighted by atomic mass is 10.0. The van der Waals surface area contributed by atoms with Gasteiger partial charge in [-0.25, -0.2) is 12.8 Å². The predicted molar refractivity (Wildman–Crippen MR) is 79.2 cm³/mol. The van der Waals surface area contributed by atoms with Gasteiger partial charge < -0.3 is 5.32 Å². The number of nitrogens with one attached hydrogen (secondary N) is 1. The zero-order valence-electron chi connectivity index (χ0n) is 11.1. The van der Waals surface area contributed by atoms with Crippen LogP contribution >= 0.6 is 11.8 Å². The summed E-state index contributed by atoms with van der Waals surface area (Å²) in [6, 6.07) is 3.95. The maximum absolute atomic E-state index is 13.4. The van der Waals surface area contributed by atoms with Crippen LogP contribution < -0.4 is 5.32 Å². The largest absolute Gasteiger partial charge is 0.310 e. The number of benzene rings is 1. The van der Waals surface area contributed by atoms with E-state index in [1.54, 1.807) is 0 Å². The standard InChI is InChI=1S/C14H18FNO2S2/c15-11-1-2-14-12(7-11)13(4-6-20(14,17)18)16-8-10-3-5-19-9-10/h1-2,7,10,13,16H,3-6,8-9H2. The number of halogens is 1. The second kappa shape index (κ2) is 5.66. The Bertz CT molecular complexity index is 597. The Kier molecular flexibility index (Phi) is 4.06. The highest BCUT2D eigenvalue weighted by Gasteiger charge is 2.31. The lowest BCUT2D eigenvalue weighted by Gasteiger charge is -2.27. The lowest BCUT2D eigenvalue weighted by molar-refractivity contribution is 0.437. The van der Waals surface area contributed by atoms with Crippen molar-refractivity contribution >= 4 is 21.6 Å². The first-order valence-corrected chi connectivity index (χ1v) is 9.70. The molecule has 2 aliphatic rings. The molecule has 2 heterocycles. The van der Waals surface area contributed by atoms with Crippen LogP contribution in [-0.2, 0) is 9.84 Å². The first kappa shape index (κ1) is 14.4. The summed E-state index contributed by atoms with van der Waals surface area (Å²) in [4.78, 5) is 0.295. The molecule has 1 aromatic carbocycles. The molecule has 0 aliphatic carbocycles. The van der Waals surface area contributed by atoms with Crippen molar-refractivity contribution < 1.29 is 12.8 Å². The summed E-state index contributed by atoms with van der Waals surface area (Å²) in [5, 5.41) is 3.44. The average molecular weight is 315 g/mol. The van der Waals surface area contributed by atoms with E-state index in [0.717, 1.165) is 12.3 Å². The van der Waals surface area contributed by atoms with Gasteiger partial charge in [0.05, 0.1) is 10.6 Å². The Balaban J connectivity index is 1.81. The molecule has 20 heavy (non-hydrogen) atoms. The molecule has 6 heteroatoms. The highest BCUT2D eigenvalue weighted by Crippen LogP contribution is 2.33. The molecule has 1 fully saturated rings. The summed E-state index contributed by atoms with van der Waals surface area (Å²) < 4.78 is 37.5. The van der Waals surface area contributed by atoms with Gasteiger partial charge in [0.15, 0.2) is 9.84 Å². The van der Waals surface area contributed by atoms with Crippen LogP contribution in [0.2, 0.25) is 0 Å². The van der Waals surface area contributed by atoms with E-state index in [9.17, 15) is 12.8 Å². The smallest absolute Gasteiger partial charge is 0.178 e. The van der Waals surface area contributed by atoms with Gasteiger partial charge in [0, 0.05) is 6.04 Å². The highest BCUT2D eigenvalue weighted by atomic mass is 32.2. The molecule has 1 aromatic rings. The minimum Gasteiger partial charge on any atom is -0.310 e. The molecular weight excluding hydrogens is 297 g/mol. The minimum absolute atomic E-state index is 0.0465. The van der Waals surface area contributed by atoms with E-state index in [1.165, 1.54) is 30.4 Å². The van der Waals surface area contributed by atoms with Crippen molar-refractivity contribution in [3.63, 3.8) is 0 Å². The Morgan fingerprint density at radius 2 is 2.20 bits per heavy atom. The van der Waals surface area contributed by atoms with E-state index in [1.807, 2.05) is 11.8 Å². The molecule has 0 saturated carbocycles. The number of sulfone groups is 1. The lowest BCUT2D eigenvalue weighted by Crippen LogP contribution is -2.33. The Hall–Kier alpha value is -0.590. The molecule has 110 valence electrons. The first-order chi connectivity index (χ1) is 9.56. The van der Waals surface area contributed by atoms with E-state index in [4.69, 9.17) is 0 Å². The summed E-state index contributed by atoms with van der Waals surface area (Å²) in [7, 11) is -3.24. The van der Waals surface area contributed by atoms with Gasteiger partial charge in [-0.1, -0.05) is 0 Å². The molecule has 0 radical (unpaired) electrons. The summed E-state index contributed by atoms with van der Waals surface area (Å²) in [6.07, 6.45) is 1.73. The van der Waals surface area contributed by atoms with Crippen LogP contribution in [-0.4, -0.2) is 32.2 Å². The minimum atomic E-state index is -3.24. The van der Waals surface area contributed by atoms with Gasteiger partial charge in [0.2, 0.25) is 0 Å². The quantitative estimate of drug-likeness (QED) is 0.870. The number of hydrogen-bond acceptors (Lipinski definition) is 4. The van der Waals surface area contributed by atoms with Crippen LogP contribution in [0.15, 0.2) is 23.1 Å². The second-order valence-electron chi connectivity index (χ2n) is 5.48. The van der Waals surface area contributed by atoms with Crippen LogP contribution in [0, 0.1) is 11.7 Å². The van der Waals surface area contributed by atoms with E-state index >= 15 is 0 Å². The van der Waals surface area contributed by atoms with Gasteiger partial charge in [-0.15, -0.1) is 0 Å². The molecule has 3 nitrogen and oxygen atoms in total. The second-order valence-corrected chi connectivity index (χ2v) is 8.71. The molecule has 2 atom stereocenters. The van der Waals surface area contributed by atoms with Crippen LogP contribution in [0.1, 0.15) is 24.4 Å². The summed E-state index contributed by atoms with van der Waals surface area (Å²) in [6.45, 7) is 0.883. The molecule has 0 spiro atoms. The maximum atomic E-state index is 13.4. The van der Waals surface area contributed by atoms with E-state index in [0.29, 0.717) is 22.8 Å². The average Bonchev–Trinajstić information content (AvgIpc) is 2.90. The molecule has 3 rings (SSSR count). The van der Waals surface area contributed by atoms with E-state index in [2.05, 4.69) is 5.32 Å². The Morgan fingerprint density at radius 3 is 2.95 bits per heavy atom. The number of hydrogen-bond donors (Lipinski definition) is 1. The topological polar surface area (TPSA) is 46.2 Å². The fourth-order valence-corrected chi connectivity index (χ4v) is 5.76. The van der Waals surface area contributed by atoms with Crippen LogP contribution in [0.25, 0.3) is 0 Å². The predicted octanol–water partition coefficient (Wildman–Crippen LogP) is 2.39. The van der Waals surface area contributed by atoms with Crippen molar-refractivity contribution in [2.75, 3.05) is 23.8 Å². The number of fused-ring (bicyclic) bond motifs is 1. The molecule has 0 amide bonds. The van der Waals surface area contributed by atoms with Crippen molar-refractivity contribution in [1.82, 2.24) is 5.32 Å². The number of rotatable bonds is 3. The summed E-state index contributed by atoms with van der Waals surface area (Å²) in [5.74, 6) is 2.78. The van der Waals surface area contributed by atoms with Crippen LogP contribution in [0.5, 0.6) is 0 Å². The van der Waals surface area contributed by atoms with Gasteiger partial charge in [0.25, 0.3) is 0 Å². The van der Waals surface area contributed by atoms with Gasteiger partial charge in [-0.2, -0.15) is 11.8 Å². The van der Waals surface area contributed by atoms with Crippen molar-refractivity contribution in [3.8, 4) is 0 Å². The third kappa shape index (κ3) is 2.87. The fourth-order valence-electron chi connectivity index (χ4n) is 2.88. The van der Waals surface area contributed by atoms with Crippen molar-refractivity contribution in [3.05, 3.63) is 29.6 Å². The Morgan fingerprint density at radius 1 is 1.35 bits per heavy atom. The van der Waals surface area contributed by atoms with Crippen molar-refractivity contribution in [1.29, 1.82) is 0 Å². The fraction of sp³-hybridized carbons (Fsp3) is 0.571. The molecule has 0 bridgehead atoms. The normalized spacial score (nSPS) is 28.2. The van der Waals surface area contributed by atoms with Gasteiger partial charge >= 0.3 is 0 Å². The van der Waals surface area contributed by atoms with E-state index in [-0.39, 0.29) is 17.6 Å². The SMILES string of the molecule is O=S1(=O)CCC(NCC2CCSC2)c2cc(F)ccc21. The zero-order valence-corrected chi connectivity index (χ0v) is 12.8. The summed E-state index contributed by atoms with van der Waals surface area (Å²) >= 11 is 1.96. The maximum Gasteiger partial charge on any atom is 0.178 e. The van der Waals surface area contributed by atoms with Crippen LogP contribution in [0.3, 0.4) is 0 Å². The van der Waals surface area contributed by atoms with Crippen molar-refractivity contribution in [2.45, 2.75) is 23.8 Å². The number of thioether (sulfide) groups is 1. The molecular formula is C14H18FNO2S2. The molecule has 2 aliphatic heterocycles. The first-order valence-electron chi connectivity index (χ1n) is 6.89.